The third-order valence-electron chi connectivity index (χ3n) is 3.24. The van der Waals surface area contributed by atoms with E-state index in [1.165, 1.54) is 7.11 Å². The van der Waals surface area contributed by atoms with Gasteiger partial charge in [0.15, 0.2) is 0 Å². The van der Waals surface area contributed by atoms with Crippen LogP contribution in [0.4, 0.5) is 13.2 Å². The molecule has 0 N–H and O–H groups in total. The molecule has 0 atom stereocenters. The van der Waals surface area contributed by atoms with Crippen LogP contribution in [0.3, 0.4) is 0 Å². The first-order valence-corrected chi connectivity index (χ1v) is 6.91. The summed E-state index contributed by atoms with van der Waals surface area (Å²) in [5.74, 6) is -1.36. The highest BCUT2D eigenvalue weighted by Crippen LogP contribution is 2.38. The van der Waals surface area contributed by atoms with Crippen LogP contribution in [0.25, 0.3) is 0 Å². The Balaban J connectivity index is 2.46. The molecule has 7 heteroatoms. The van der Waals surface area contributed by atoms with Gasteiger partial charge >= 0.3 is 12.1 Å². The normalized spacial score (nSPS) is 11.0. The Morgan fingerprint density at radius 1 is 1.04 bits per heavy atom. The number of halogens is 3. The minimum Gasteiger partial charge on any atom is -0.496 e. The van der Waals surface area contributed by atoms with Crippen molar-refractivity contribution in [2.45, 2.75) is 12.8 Å². The molecule has 2 aromatic carbocycles. The molecule has 128 valence electrons. The first-order chi connectivity index (χ1) is 11.4. The number of methoxy groups -OCH3 is 2. The number of esters is 1. The fourth-order valence-corrected chi connectivity index (χ4v) is 2.07. The van der Waals surface area contributed by atoms with Crippen molar-refractivity contribution in [3.8, 4) is 11.5 Å². The Hall–Kier alpha value is -2.70. The molecule has 0 saturated carbocycles. The maximum Gasteiger partial charge on any atom is 0.416 e. The second-order valence-corrected chi connectivity index (χ2v) is 4.82. The van der Waals surface area contributed by atoms with E-state index in [0.29, 0.717) is 0 Å². The van der Waals surface area contributed by atoms with E-state index in [2.05, 4.69) is 4.74 Å². The monoisotopic (exact) mass is 340 g/mol. The molecule has 0 spiro atoms. The van der Waals surface area contributed by atoms with Crippen LogP contribution in [0.15, 0.2) is 42.5 Å². The summed E-state index contributed by atoms with van der Waals surface area (Å²) in [7, 11) is 2.29. The lowest BCUT2D eigenvalue weighted by Gasteiger charge is -2.17. The molecule has 0 radical (unpaired) electrons. The van der Waals surface area contributed by atoms with Gasteiger partial charge < -0.3 is 14.2 Å². The molecule has 4 nitrogen and oxygen atoms in total. The number of alkyl halides is 3. The van der Waals surface area contributed by atoms with Gasteiger partial charge in [0.2, 0.25) is 0 Å². The quantitative estimate of drug-likeness (QED) is 0.770. The highest BCUT2D eigenvalue weighted by molar-refractivity contribution is 5.95. The van der Waals surface area contributed by atoms with Gasteiger partial charge in [0, 0.05) is 0 Å². The molecule has 0 heterocycles. The zero-order valence-corrected chi connectivity index (χ0v) is 13.0. The maximum absolute atomic E-state index is 13.0. The Labute approximate surface area is 136 Å². The van der Waals surface area contributed by atoms with Gasteiger partial charge in [0.25, 0.3) is 0 Å². The molecular formula is C17H15F3O4. The molecule has 2 rings (SSSR count). The van der Waals surface area contributed by atoms with Crippen molar-refractivity contribution in [3.63, 3.8) is 0 Å². The van der Waals surface area contributed by atoms with Crippen molar-refractivity contribution >= 4 is 5.97 Å². The smallest absolute Gasteiger partial charge is 0.416 e. The maximum atomic E-state index is 13.0. The molecule has 0 aliphatic carbocycles. The second-order valence-electron chi connectivity index (χ2n) is 4.82. The molecule has 0 aromatic heterocycles. The molecule has 0 unspecified atom stereocenters. The summed E-state index contributed by atoms with van der Waals surface area (Å²) in [5, 5.41) is 0. The van der Waals surface area contributed by atoms with Crippen LogP contribution in [0.5, 0.6) is 11.5 Å². The van der Waals surface area contributed by atoms with Crippen LogP contribution in [0.1, 0.15) is 21.5 Å². The zero-order valence-electron chi connectivity index (χ0n) is 13.0. The van der Waals surface area contributed by atoms with Gasteiger partial charge in [0.1, 0.15) is 23.7 Å². The van der Waals surface area contributed by atoms with Crippen molar-refractivity contribution in [2.75, 3.05) is 14.2 Å². The van der Waals surface area contributed by atoms with E-state index >= 15 is 0 Å². The van der Waals surface area contributed by atoms with Gasteiger partial charge in [0.05, 0.1) is 19.8 Å². The van der Waals surface area contributed by atoms with Gasteiger partial charge in [-0.05, 0) is 17.7 Å². The summed E-state index contributed by atoms with van der Waals surface area (Å²) in [5.41, 5.74) is -0.427. The number of hydrogen-bond donors (Lipinski definition) is 0. The van der Waals surface area contributed by atoms with Crippen molar-refractivity contribution in [1.82, 2.24) is 0 Å². The number of rotatable bonds is 5. The number of carbonyl (C=O) groups is 1. The molecule has 0 aliphatic heterocycles. The SMILES string of the molecule is COC(=O)c1c(OC)cc(C(F)(F)F)cc1OCc1ccccc1. The van der Waals surface area contributed by atoms with Crippen molar-refractivity contribution in [3.05, 3.63) is 59.2 Å². The predicted octanol–water partition coefficient (Wildman–Crippen LogP) is 4.08. The van der Waals surface area contributed by atoms with Crippen LogP contribution < -0.4 is 9.47 Å². The molecular weight excluding hydrogens is 325 g/mol. The summed E-state index contributed by atoms with van der Waals surface area (Å²) in [6, 6.07) is 10.3. The summed E-state index contributed by atoms with van der Waals surface area (Å²) in [4.78, 5) is 11.9. The van der Waals surface area contributed by atoms with E-state index < -0.39 is 17.7 Å². The van der Waals surface area contributed by atoms with E-state index in [1.54, 1.807) is 30.3 Å². The third-order valence-corrected chi connectivity index (χ3v) is 3.24. The number of ether oxygens (including phenoxy) is 3. The predicted molar refractivity (Wildman–Crippen MR) is 80.1 cm³/mol. The summed E-state index contributed by atoms with van der Waals surface area (Å²) < 4.78 is 54.1. The number of carbonyl (C=O) groups excluding carboxylic acids is 1. The van der Waals surface area contributed by atoms with E-state index in [0.717, 1.165) is 24.8 Å². The average molecular weight is 340 g/mol. The summed E-state index contributed by atoms with van der Waals surface area (Å²) in [6.07, 6.45) is -4.60. The Morgan fingerprint density at radius 2 is 1.67 bits per heavy atom. The molecule has 24 heavy (non-hydrogen) atoms. The first-order valence-electron chi connectivity index (χ1n) is 6.91. The van der Waals surface area contributed by atoms with Crippen LogP contribution in [0, 0.1) is 0 Å². The minimum absolute atomic E-state index is 0.00466. The standard InChI is InChI=1S/C17H15F3O4/c1-22-13-8-12(17(18,19)20)9-14(15(13)16(21)23-2)24-10-11-6-4-3-5-7-11/h3-9H,10H2,1-2H3. The van der Waals surface area contributed by atoms with Gasteiger partial charge in [-0.15, -0.1) is 0 Å². The topological polar surface area (TPSA) is 44.8 Å². The fourth-order valence-electron chi connectivity index (χ4n) is 2.07. The second kappa shape index (κ2) is 7.25. The molecule has 2 aromatic rings. The molecule has 0 saturated heterocycles. The van der Waals surface area contributed by atoms with Crippen LogP contribution in [-0.4, -0.2) is 20.2 Å². The van der Waals surface area contributed by atoms with E-state index in [1.807, 2.05) is 0 Å². The molecule has 0 fully saturated rings. The number of hydrogen-bond acceptors (Lipinski definition) is 4. The first kappa shape index (κ1) is 17.7. The Bertz CT molecular complexity index is 712. The summed E-state index contributed by atoms with van der Waals surface area (Å²) in [6.45, 7) is -0.00466. The largest absolute Gasteiger partial charge is 0.496 e. The van der Waals surface area contributed by atoms with E-state index in [4.69, 9.17) is 9.47 Å². The Morgan fingerprint density at radius 3 is 2.21 bits per heavy atom. The van der Waals surface area contributed by atoms with Crippen LogP contribution in [0.2, 0.25) is 0 Å². The minimum atomic E-state index is -4.60. The molecule has 0 amide bonds. The lowest BCUT2D eigenvalue weighted by atomic mass is 10.1. The summed E-state index contributed by atoms with van der Waals surface area (Å²) >= 11 is 0. The van der Waals surface area contributed by atoms with Crippen molar-refractivity contribution < 1.29 is 32.2 Å². The van der Waals surface area contributed by atoms with Gasteiger partial charge in [-0.2, -0.15) is 13.2 Å². The van der Waals surface area contributed by atoms with Gasteiger partial charge in [-0.3, -0.25) is 0 Å². The average Bonchev–Trinajstić information content (AvgIpc) is 2.58. The van der Waals surface area contributed by atoms with Crippen molar-refractivity contribution in [2.24, 2.45) is 0 Å². The number of benzene rings is 2. The van der Waals surface area contributed by atoms with E-state index in [-0.39, 0.29) is 23.7 Å². The van der Waals surface area contributed by atoms with Gasteiger partial charge in [-0.1, -0.05) is 30.3 Å². The highest BCUT2D eigenvalue weighted by Gasteiger charge is 2.34. The molecule has 0 bridgehead atoms. The van der Waals surface area contributed by atoms with Crippen LogP contribution >= 0.6 is 0 Å². The van der Waals surface area contributed by atoms with Crippen molar-refractivity contribution in [1.29, 1.82) is 0 Å². The zero-order chi connectivity index (χ0) is 17.7. The van der Waals surface area contributed by atoms with Crippen LogP contribution in [-0.2, 0) is 17.5 Å². The fraction of sp³-hybridized carbons (Fsp3) is 0.235. The highest BCUT2D eigenvalue weighted by atomic mass is 19.4. The third kappa shape index (κ3) is 3.98. The lowest BCUT2D eigenvalue weighted by Crippen LogP contribution is -2.12. The Kier molecular flexibility index (Phi) is 5.33. The molecule has 0 aliphatic rings. The lowest BCUT2D eigenvalue weighted by molar-refractivity contribution is -0.137. The van der Waals surface area contributed by atoms with E-state index in [9.17, 15) is 18.0 Å². The van der Waals surface area contributed by atoms with Gasteiger partial charge in [-0.25, -0.2) is 4.79 Å².